The first-order valence-electron chi connectivity index (χ1n) is 11.3. The lowest BCUT2D eigenvalue weighted by Gasteiger charge is -2.18. The molecule has 2 unspecified atom stereocenters. The third kappa shape index (κ3) is 6.87. The van der Waals surface area contributed by atoms with E-state index in [4.69, 9.17) is 0 Å². The van der Waals surface area contributed by atoms with Gasteiger partial charge < -0.3 is 20.1 Å². The van der Waals surface area contributed by atoms with E-state index in [9.17, 15) is 19.4 Å². The second-order valence-corrected chi connectivity index (χ2v) is 8.33. The predicted molar refractivity (Wildman–Crippen MR) is 120 cm³/mol. The highest BCUT2D eigenvalue weighted by atomic mass is 19.1. The number of benzene rings is 1. The van der Waals surface area contributed by atoms with Crippen LogP contribution >= 0.6 is 0 Å². The average molecular weight is 434 g/mol. The second kappa shape index (κ2) is 12.0. The Bertz CT molecular complexity index is 833. The van der Waals surface area contributed by atoms with Crippen molar-refractivity contribution in [1.82, 2.24) is 14.9 Å². The van der Waals surface area contributed by atoms with Crippen LogP contribution in [-0.4, -0.2) is 44.4 Å². The van der Waals surface area contributed by atoms with Gasteiger partial charge in [0.1, 0.15) is 17.3 Å². The van der Waals surface area contributed by atoms with E-state index in [-0.39, 0.29) is 17.6 Å². The molecule has 2 atom stereocenters. The van der Waals surface area contributed by atoms with Gasteiger partial charge in [-0.1, -0.05) is 34.1 Å². The van der Waals surface area contributed by atoms with Gasteiger partial charge in [0.2, 0.25) is 0 Å². The van der Waals surface area contributed by atoms with E-state index in [0.717, 1.165) is 18.5 Å². The molecule has 0 aliphatic rings. The lowest BCUT2D eigenvalue weighted by molar-refractivity contribution is 0.0711. The zero-order chi connectivity index (χ0) is 23.0. The minimum Gasteiger partial charge on any atom is -0.393 e. The highest BCUT2D eigenvalue weighted by Gasteiger charge is 2.25. The lowest BCUT2D eigenvalue weighted by atomic mass is 10.1. The fraction of sp³-hybridized carbons (Fsp3) is 0.583. The van der Waals surface area contributed by atoms with Crippen LogP contribution in [0.25, 0.3) is 11.4 Å². The number of rotatable bonds is 12. The van der Waals surface area contributed by atoms with Gasteiger partial charge in [-0.3, -0.25) is 4.79 Å². The van der Waals surface area contributed by atoms with Crippen LogP contribution in [0.4, 0.5) is 4.39 Å². The molecule has 7 heteroatoms. The number of carbonyl (C=O) groups excluding carboxylic acids is 1. The molecule has 0 radical (unpaired) electrons. The fourth-order valence-electron chi connectivity index (χ4n) is 3.60. The van der Waals surface area contributed by atoms with Crippen LogP contribution < -0.4 is 5.32 Å². The Morgan fingerprint density at radius 2 is 1.84 bits per heavy atom. The number of aliphatic hydroxyl groups excluding tert-OH is 2. The lowest BCUT2D eigenvalue weighted by Crippen LogP contribution is -2.26. The summed E-state index contributed by atoms with van der Waals surface area (Å²) in [6.45, 7) is 8.96. The molecule has 0 fully saturated rings. The van der Waals surface area contributed by atoms with E-state index in [1.54, 1.807) is 12.1 Å². The number of amides is 1. The Kier molecular flexibility index (Phi) is 9.65. The third-order valence-corrected chi connectivity index (χ3v) is 5.39. The zero-order valence-corrected chi connectivity index (χ0v) is 19.1. The summed E-state index contributed by atoms with van der Waals surface area (Å²) >= 11 is 0. The minimum absolute atomic E-state index is 0.0204. The number of aromatic nitrogens is 2. The van der Waals surface area contributed by atoms with Crippen LogP contribution in [0.1, 0.15) is 81.9 Å². The maximum atomic E-state index is 13.5. The summed E-state index contributed by atoms with van der Waals surface area (Å²) < 4.78 is 15.4. The van der Waals surface area contributed by atoms with E-state index in [1.165, 1.54) is 12.1 Å². The summed E-state index contributed by atoms with van der Waals surface area (Å²) in [4.78, 5) is 17.6. The van der Waals surface area contributed by atoms with Gasteiger partial charge in [0.15, 0.2) is 0 Å². The summed E-state index contributed by atoms with van der Waals surface area (Å²) in [5, 5.41) is 23.2. The molecule has 1 aromatic carbocycles. The number of imidazole rings is 1. The molecule has 2 rings (SSSR count). The highest BCUT2D eigenvalue weighted by molar-refractivity contribution is 5.94. The smallest absolute Gasteiger partial charge is 0.271 e. The summed E-state index contributed by atoms with van der Waals surface area (Å²) in [7, 11) is 0. The quantitative estimate of drug-likeness (QED) is 0.437. The van der Waals surface area contributed by atoms with Gasteiger partial charge in [-0.05, 0) is 55.9 Å². The molecule has 0 aliphatic heterocycles. The number of halogens is 1. The van der Waals surface area contributed by atoms with Crippen molar-refractivity contribution in [3.63, 3.8) is 0 Å². The van der Waals surface area contributed by atoms with Gasteiger partial charge in [-0.25, -0.2) is 9.37 Å². The van der Waals surface area contributed by atoms with Crippen LogP contribution in [0.5, 0.6) is 0 Å². The number of aliphatic hydroxyl groups is 2. The minimum atomic E-state index is -0.666. The van der Waals surface area contributed by atoms with E-state index >= 15 is 0 Å². The van der Waals surface area contributed by atoms with Gasteiger partial charge in [-0.2, -0.15) is 0 Å². The molecule has 172 valence electrons. The monoisotopic (exact) mass is 433 g/mol. The van der Waals surface area contributed by atoms with E-state index < -0.39 is 12.2 Å². The number of nitrogens with one attached hydrogen (secondary N) is 1. The number of carbonyl (C=O) groups is 1. The molecule has 1 heterocycles. The number of hydrogen-bond acceptors (Lipinski definition) is 4. The molecule has 1 amide bonds. The summed E-state index contributed by atoms with van der Waals surface area (Å²) in [5.74, 6) is 0.0354. The molecular formula is C24H36FN3O3. The van der Waals surface area contributed by atoms with Crippen molar-refractivity contribution >= 4 is 5.91 Å². The molecule has 0 saturated carbocycles. The standard InChI is InChI=1S/C24H36FN3O3/c1-5-7-13-26-24(31)21-22(16(3)4)28(14-12-20(30)15-19(29)6-2)23(27-21)17-8-10-18(25)11-9-17/h8-11,16,19-20,29-30H,5-7,12-15H2,1-4H3,(H,26,31). The number of unbranched alkanes of at least 4 members (excludes halogenated alkanes) is 1. The van der Waals surface area contributed by atoms with Crippen LogP contribution in [-0.2, 0) is 6.54 Å². The van der Waals surface area contributed by atoms with Crippen LogP contribution in [0.3, 0.4) is 0 Å². The van der Waals surface area contributed by atoms with Gasteiger partial charge in [0.05, 0.1) is 17.9 Å². The first-order chi connectivity index (χ1) is 14.8. The molecule has 6 nitrogen and oxygen atoms in total. The van der Waals surface area contributed by atoms with Gasteiger partial charge in [0, 0.05) is 18.7 Å². The van der Waals surface area contributed by atoms with Crippen LogP contribution in [0, 0.1) is 5.82 Å². The average Bonchev–Trinajstić information content (AvgIpc) is 3.12. The van der Waals surface area contributed by atoms with E-state index in [2.05, 4.69) is 17.2 Å². The number of nitrogens with zero attached hydrogens (tertiary/aromatic N) is 2. The largest absolute Gasteiger partial charge is 0.393 e. The van der Waals surface area contributed by atoms with Crippen molar-refractivity contribution in [2.24, 2.45) is 0 Å². The van der Waals surface area contributed by atoms with Crippen molar-refractivity contribution < 1.29 is 19.4 Å². The maximum absolute atomic E-state index is 13.5. The summed E-state index contributed by atoms with van der Waals surface area (Å²) in [5.41, 5.74) is 1.86. The summed E-state index contributed by atoms with van der Waals surface area (Å²) in [6, 6.07) is 6.04. The molecular weight excluding hydrogens is 397 g/mol. The third-order valence-electron chi connectivity index (χ3n) is 5.39. The Labute approximate surface area is 184 Å². The van der Waals surface area contributed by atoms with Gasteiger partial charge in [-0.15, -0.1) is 0 Å². The molecule has 31 heavy (non-hydrogen) atoms. The summed E-state index contributed by atoms with van der Waals surface area (Å²) in [6.07, 6.45) is 1.96. The van der Waals surface area contributed by atoms with E-state index in [1.807, 2.05) is 25.3 Å². The van der Waals surface area contributed by atoms with Crippen molar-refractivity contribution in [1.29, 1.82) is 0 Å². The second-order valence-electron chi connectivity index (χ2n) is 8.33. The predicted octanol–water partition coefficient (Wildman–Crippen LogP) is 4.25. The van der Waals surface area contributed by atoms with Crippen molar-refractivity contribution in [3.05, 3.63) is 41.5 Å². The van der Waals surface area contributed by atoms with Crippen molar-refractivity contribution in [2.45, 2.75) is 84.5 Å². The number of hydrogen-bond donors (Lipinski definition) is 3. The Hall–Kier alpha value is -2.25. The van der Waals surface area contributed by atoms with Gasteiger partial charge in [0.25, 0.3) is 5.91 Å². The van der Waals surface area contributed by atoms with E-state index in [0.29, 0.717) is 49.4 Å². The Balaban J connectivity index is 2.42. The Morgan fingerprint density at radius 3 is 2.42 bits per heavy atom. The topological polar surface area (TPSA) is 87.4 Å². The fourth-order valence-corrected chi connectivity index (χ4v) is 3.60. The van der Waals surface area contributed by atoms with Crippen molar-refractivity contribution in [2.75, 3.05) is 6.54 Å². The molecule has 2 aromatic rings. The van der Waals surface area contributed by atoms with Crippen LogP contribution in [0.15, 0.2) is 24.3 Å². The molecule has 0 aliphatic carbocycles. The zero-order valence-electron chi connectivity index (χ0n) is 19.1. The molecule has 0 spiro atoms. The molecule has 3 N–H and O–H groups in total. The molecule has 1 aromatic heterocycles. The van der Waals surface area contributed by atoms with Crippen LogP contribution in [0.2, 0.25) is 0 Å². The van der Waals surface area contributed by atoms with Crippen molar-refractivity contribution in [3.8, 4) is 11.4 Å². The first-order valence-corrected chi connectivity index (χ1v) is 11.3. The molecule has 0 bridgehead atoms. The SMILES string of the molecule is CCCCNC(=O)c1nc(-c2ccc(F)cc2)n(CCC(O)CC(O)CC)c1C(C)C. The highest BCUT2D eigenvalue weighted by Crippen LogP contribution is 2.29. The normalized spacial score (nSPS) is 13.4. The first kappa shape index (κ1) is 25.0. The Morgan fingerprint density at radius 1 is 1.16 bits per heavy atom. The maximum Gasteiger partial charge on any atom is 0.271 e. The molecule has 0 saturated heterocycles. The van der Waals surface area contributed by atoms with Gasteiger partial charge >= 0.3 is 0 Å².